The number of hydrogen-bond donors (Lipinski definition) is 0. The van der Waals surface area contributed by atoms with Gasteiger partial charge in [-0.2, -0.15) is 0 Å². The highest BCUT2D eigenvalue weighted by molar-refractivity contribution is 9.09. The van der Waals surface area contributed by atoms with Gasteiger partial charge < -0.3 is 4.74 Å². The second-order valence-corrected chi connectivity index (χ2v) is 6.84. The molecule has 0 spiro atoms. The molecule has 0 aliphatic carbocycles. The number of ether oxygens (including phenoxy) is 1. The highest BCUT2D eigenvalue weighted by Crippen LogP contribution is 2.13. The second kappa shape index (κ2) is 13.6. The van der Waals surface area contributed by atoms with Crippen molar-refractivity contribution in [2.75, 3.05) is 11.9 Å². The Morgan fingerprint density at radius 3 is 2.30 bits per heavy atom. The Balaban J connectivity index is 2.17. The van der Waals surface area contributed by atoms with Crippen LogP contribution >= 0.6 is 15.9 Å². The van der Waals surface area contributed by atoms with Gasteiger partial charge in [-0.15, -0.1) is 0 Å². The zero-order chi connectivity index (χ0) is 16.8. The summed E-state index contributed by atoms with van der Waals surface area (Å²) in [5.41, 5.74) is 2.72. The first-order valence-electron chi connectivity index (χ1n) is 9.06. The van der Waals surface area contributed by atoms with Crippen LogP contribution in [0.25, 0.3) is 0 Å². The number of benzene rings is 1. The molecule has 0 saturated heterocycles. The number of esters is 1. The van der Waals surface area contributed by atoms with Gasteiger partial charge in [0.1, 0.15) is 0 Å². The molecule has 0 aromatic heterocycles. The molecule has 1 rings (SSSR count). The number of hydrogen-bond acceptors (Lipinski definition) is 2. The summed E-state index contributed by atoms with van der Waals surface area (Å²) in [6.07, 6.45) is 10.7. The molecule has 130 valence electrons. The van der Waals surface area contributed by atoms with Crippen molar-refractivity contribution in [3.63, 3.8) is 0 Å². The fourth-order valence-corrected chi connectivity index (χ4v) is 3.05. The Hall–Kier alpha value is -0.830. The summed E-state index contributed by atoms with van der Waals surface area (Å²) in [7, 11) is 0. The van der Waals surface area contributed by atoms with E-state index in [9.17, 15) is 4.79 Å². The fourth-order valence-electron chi connectivity index (χ4n) is 2.65. The van der Waals surface area contributed by atoms with Gasteiger partial charge in [0.05, 0.1) is 6.61 Å². The van der Waals surface area contributed by atoms with Gasteiger partial charge in [-0.3, -0.25) is 4.79 Å². The van der Waals surface area contributed by atoms with E-state index in [1.807, 2.05) is 0 Å². The van der Waals surface area contributed by atoms with Crippen LogP contribution in [0.15, 0.2) is 24.3 Å². The SMILES string of the molecule is CCCCc1ccccc1CCOC(=O)CCCCCCCBr. The van der Waals surface area contributed by atoms with E-state index in [0.717, 1.165) is 31.0 Å². The Labute approximate surface area is 150 Å². The first kappa shape index (κ1) is 20.2. The minimum Gasteiger partial charge on any atom is -0.465 e. The van der Waals surface area contributed by atoms with Gasteiger partial charge in [-0.25, -0.2) is 0 Å². The predicted molar refractivity (Wildman–Crippen MR) is 101 cm³/mol. The minimum absolute atomic E-state index is 0.0449. The second-order valence-electron chi connectivity index (χ2n) is 6.05. The quantitative estimate of drug-likeness (QED) is 0.243. The Morgan fingerprint density at radius 2 is 1.61 bits per heavy atom. The molecule has 0 radical (unpaired) electrons. The molecule has 0 bridgehead atoms. The summed E-state index contributed by atoms with van der Waals surface area (Å²) < 4.78 is 5.39. The van der Waals surface area contributed by atoms with E-state index in [0.29, 0.717) is 13.0 Å². The molecule has 23 heavy (non-hydrogen) atoms. The van der Waals surface area contributed by atoms with E-state index in [1.54, 1.807) is 0 Å². The molecule has 0 atom stereocenters. The van der Waals surface area contributed by atoms with Crippen LogP contribution in [-0.4, -0.2) is 17.9 Å². The zero-order valence-corrected chi connectivity index (χ0v) is 16.1. The molecule has 0 amide bonds. The molecule has 0 N–H and O–H groups in total. The third-order valence-electron chi connectivity index (χ3n) is 4.07. The van der Waals surface area contributed by atoms with Gasteiger partial charge in [0.2, 0.25) is 0 Å². The van der Waals surface area contributed by atoms with Crippen LogP contribution < -0.4 is 0 Å². The first-order chi connectivity index (χ1) is 11.3. The maximum absolute atomic E-state index is 11.7. The molecule has 0 aliphatic rings. The number of rotatable bonds is 13. The van der Waals surface area contributed by atoms with Crippen molar-refractivity contribution in [2.24, 2.45) is 0 Å². The first-order valence-corrected chi connectivity index (χ1v) is 10.2. The number of unbranched alkanes of at least 4 members (excludes halogenated alkanes) is 5. The molecular formula is C20H31BrO2. The van der Waals surface area contributed by atoms with Crippen molar-refractivity contribution in [1.82, 2.24) is 0 Å². The monoisotopic (exact) mass is 382 g/mol. The van der Waals surface area contributed by atoms with E-state index >= 15 is 0 Å². The number of halogens is 1. The minimum atomic E-state index is -0.0449. The average Bonchev–Trinajstić information content (AvgIpc) is 2.57. The molecule has 0 saturated carbocycles. The maximum Gasteiger partial charge on any atom is 0.305 e. The molecule has 3 heteroatoms. The van der Waals surface area contributed by atoms with Crippen molar-refractivity contribution < 1.29 is 9.53 Å². The normalized spacial score (nSPS) is 10.7. The van der Waals surface area contributed by atoms with Gasteiger partial charge in [0.15, 0.2) is 0 Å². The smallest absolute Gasteiger partial charge is 0.305 e. The lowest BCUT2D eigenvalue weighted by molar-refractivity contribution is -0.143. The van der Waals surface area contributed by atoms with Crippen LogP contribution in [0.2, 0.25) is 0 Å². The maximum atomic E-state index is 11.7. The lowest BCUT2D eigenvalue weighted by Crippen LogP contribution is -2.08. The predicted octanol–water partition coefficient (Wildman–Crippen LogP) is 5.85. The van der Waals surface area contributed by atoms with Crippen LogP contribution in [0.5, 0.6) is 0 Å². The number of aryl methyl sites for hydroxylation is 1. The topological polar surface area (TPSA) is 26.3 Å². The molecule has 0 heterocycles. The fraction of sp³-hybridized carbons (Fsp3) is 0.650. The summed E-state index contributed by atoms with van der Waals surface area (Å²) in [6.45, 7) is 2.72. The van der Waals surface area contributed by atoms with Crippen molar-refractivity contribution in [3.8, 4) is 0 Å². The van der Waals surface area contributed by atoms with Crippen LogP contribution in [0.3, 0.4) is 0 Å². The molecule has 2 nitrogen and oxygen atoms in total. The summed E-state index contributed by atoms with van der Waals surface area (Å²) in [5.74, 6) is -0.0449. The number of carbonyl (C=O) groups excluding carboxylic acids is 1. The van der Waals surface area contributed by atoms with E-state index in [2.05, 4.69) is 47.1 Å². The van der Waals surface area contributed by atoms with Crippen LogP contribution in [0, 0.1) is 0 Å². The van der Waals surface area contributed by atoms with Gasteiger partial charge in [0.25, 0.3) is 0 Å². The van der Waals surface area contributed by atoms with Gasteiger partial charge in [0, 0.05) is 18.2 Å². The van der Waals surface area contributed by atoms with E-state index in [1.165, 1.54) is 43.2 Å². The highest BCUT2D eigenvalue weighted by atomic mass is 79.9. The lowest BCUT2D eigenvalue weighted by atomic mass is 10.0. The molecular weight excluding hydrogens is 352 g/mol. The number of alkyl halides is 1. The van der Waals surface area contributed by atoms with E-state index in [-0.39, 0.29) is 5.97 Å². The summed E-state index contributed by atoms with van der Waals surface area (Å²) in [5, 5.41) is 1.08. The van der Waals surface area contributed by atoms with Crippen molar-refractivity contribution >= 4 is 21.9 Å². The van der Waals surface area contributed by atoms with Gasteiger partial charge in [-0.05, 0) is 36.8 Å². The third-order valence-corrected chi connectivity index (χ3v) is 4.63. The zero-order valence-electron chi connectivity index (χ0n) is 14.5. The Bertz CT molecular complexity index is 431. The van der Waals surface area contributed by atoms with Crippen molar-refractivity contribution in [3.05, 3.63) is 35.4 Å². The average molecular weight is 383 g/mol. The summed E-state index contributed by atoms with van der Waals surface area (Å²) in [6, 6.07) is 8.51. The van der Waals surface area contributed by atoms with Crippen molar-refractivity contribution in [1.29, 1.82) is 0 Å². The molecule has 0 fully saturated rings. The Kier molecular flexibility index (Phi) is 11.9. The van der Waals surface area contributed by atoms with Crippen LogP contribution in [0.1, 0.15) is 69.4 Å². The molecule has 0 aliphatic heterocycles. The standard InChI is InChI=1S/C20H31BrO2/c1-2-3-11-18-12-8-9-13-19(18)15-17-23-20(22)14-7-5-4-6-10-16-21/h8-9,12-13H,2-7,10-11,14-17H2,1H3. The Morgan fingerprint density at radius 1 is 0.957 bits per heavy atom. The molecule has 0 unspecified atom stereocenters. The molecule has 1 aromatic rings. The lowest BCUT2D eigenvalue weighted by Gasteiger charge is -2.10. The van der Waals surface area contributed by atoms with E-state index < -0.39 is 0 Å². The van der Waals surface area contributed by atoms with Gasteiger partial charge >= 0.3 is 5.97 Å². The number of carbonyl (C=O) groups is 1. The van der Waals surface area contributed by atoms with Crippen LogP contribution in [-0.2, 0) is 22.4 Å². The highest BCUT2D eigenvalue weighted by Gasteiger charge is 2.05. The largest absolute Gasteiger partial charge is 0.465 e. The molecule has 1 aromatic carbocycles. The third kappa shape index (κ3) is 9.80. The van der Waals surface area contributed by atoms with Crippen LogP contribution in [0.4, 0.5) is 0 Å². The van der Waals surface area contributed by atoms with E-state index in [4.69, 9.17) is 4.74 Å². The van der Waals surface area contributed by atoms with Gasteiger partial charge in [-0.1, -0.05) is 72.8 Å². The summed E-state index contributed by atoms with van der Waals surface area (Å²) in [4.78, 5) is 11.7. The summed E-state index contributed by atoms with van der Waals surface area (Å²) >= 11 is 3.43. The van der Waals surface area contributed by atoms with Crippen molar-refractivity contribution in [2.45, 2.75) is 71.1 Å².